The zero-order valence-electron chi connectivity index (χ0n) is 14.3. The smallest absolute Gasteiger partial charge is 0.255 e. The minimum absolute atomic E-state index is 0.218. The van der Waals surface area contributed by atoms with Gasteiger partial charge in [0.15, 0.2) is 0 Å². The lowest BCUT2D eigenvalue weighted by atomic mass is 10.1. The van der Waals surface area contributed by atoms with Crippen molar-refractivity contribution in [2.24, 2.45) is 0 Å². The van der Waals surface area contributed by atoms with E-state index in [1.165, 1.54) is 0 Å². The third-order valence-corrected chi connectivity index (χ3v) is 3.88. The fraction of sp³-hybridized carbons (Fsp3) is 0.263. The van der Waals surface area contributed by atoms with Gasteiger partial charge >= 0.3 is 0 Å². The second-order valence-electron chi connectivity index (χ2n) is 5.60. The lowest BCUT2D eigenvalue weighted by molar-refractivity contribution is 0.0948. The molecule has 25 heavy (non-hydrogen) atoms. The Morgan fingerprint density at radius 3 is 2.52 bits per heavy atom. The van der Waals surface area contributed by atoms with Crippen LogP contribution in [0, 0.1) is 6.92 Å². The largest absolute Gasteiger partial charge is 0.385 e. The van der Waals surface area contributed by atoms with E-state index in [9.17, 15) is 9.59 Å². The monoisotopic (exact) mass is 360 g/mol. The number of ether oxygens (including phenoxy) is 1. The second-order valence-corrected chi connectivity index (χ2v) is 6.03. The molecule has 0 fully saturated rings. The molecular weight excluding hydrogens is 340 g/mol. The third-order valence-electron chi connectivity index (χ3n) is 3.65. The summed E-state index contributed by atoms with van der Waals surface area (Å²) in [5, 5.41) is 6.17. The Hall–Kier alpha value is -2.37. The number of amides is 2. The number of hydrogen-bond donors (Lipinski definition) is 2. The zero-order valence-corrected chi connectivity index (χ0v) is 15.0. The number of aryl methyl sites for hydroxylation is 1. The number of carbonyl (C=O) groups is 2. The predicted molar refractivity (Wildman–Crippen MR) is 99.4 cm³/mol. The third kappa shape index (κ3) is 5.59. The molecule has 2 N–H and O–H groups in total. The molecule has 2 rings (SSSR count). The first-order valence-electron chi connectivity index (χ1n) is 7.96. The predicted octanol–water partition coefficient (Wildman–Crippen LogP) is 3.67. The lowest BCUT2D eigenvalue weighted by Crippen LogP contribution is -2.25. The van der Waals surface area contributed by atoms with Crippen molar-refractivity contribution in [2.45, 2.75) is 13.3 Å². The van der Waals surface area contributed by atoms with Crippen molar-refractivity contribution >= 4 is 29.1 Å². The standard InChI is InChI=1S/C19H21ClN2O3/c1-13-7-8-16(20)12-17(13)22-19(24)15-6-3-5-14(11-15)18(23)21-9-4-10-25-2/h3,5-8,11-12H,4,9-10H2,1-2H3,(H,21,23)(H,22,24). The molecule has 0 spiro atoms. The normalized spacial score (nSPS) is 10.4. The van der Waals surface area contributed by atoms with Crippen molar-refractivity contribution in [1.82, 2.24) is 5.32 Å². The Balaban J connectivity index is 2.05. The molecule has 0 bridgehead atoms. The fourth-order valence-electron chi connectivity index (χ4n) is 2.25. The number of benzene rings is 2. The van der Waals surface area contributed by atoms with Crippen LogP contribution in [0.15, 0.2) is 42.5 Å². The number of anilines is 1. The molecule has 0 aliphatic heterocycles. The van der Waals surface area contributed by atoms with Crippen LogP contribution >= 0.6 is 11.6 Å². The van der Waals surface area contributed by atoms with E-state index in [0.717, 1.165) is 12.0 Å². The summed E-state index contributed by atoms with van der Waals surface area (Å²) in [5.74, 6) is -0.510. The first-order valence-corrected chi connectivity index (χ1v) is 8.34. The van der Waals surface area contributed by atoms with E-state index in [4.69, 9.17) is 16.3 Å². The molecule has 0 unspecified atom stereocenters. The summed E-state index contributed by atoms with van der Waals surface area (Å²) in [6.07, 6.45) is 0.733. The van der Waals surface area contributed by atoms with Gasteiger partial charge in [-0.2, -0.15) is 0 Å². The Bertz CT molecular complexity index is 762. The van der Waals surface area contributed by atoms with Gasteiger partial charge in [-0.1, -0.05) is 23.7 Å². The van der Waals surface area contributed by atoms with Gasteiger partial charge in [0.25, 0.3) is 11.8 Å². The molecule has 6 heteroatoms. The van der Waals surface area contributed by atoms with Crippen molar-refractivity contribution < 1.29 is 14.3 Å². The van der Waals surface area contributed by atoms with Crippen LogP contribution in [0.4, 0.5) is 5.69 Å². The minimum Gasteiger partial charge on any atom is -0.385 e. The van der Waals surface area contributed by atoms with E-state index in [-0.39, 0.29) is 11.8 Å². The number of carbonyl (C=O) groups excluding carboxylic acids is 2. The zero-order chi connectivity index (χ0) is 18.2. The van der Waals surface area contributed by atoms with Gasteiger partial charge in [0.05, 0.1) is 0 Å². The van der Waals surface area contributed by atoms with Crippen LogP contribution in [0.1, 0.15) is 32.7 Å². The van der Waals surface area contributed by atoms with E-state index >= 15 is 0 Å². The first-order chi connectivity index (χ1) is 12.0. The molecular formula is C19H21ClN2O3. The molecule has 2 aromatic carbocycles. The van der Waals surface area contributed by atoms with E-state index in [2.05, 4.69) is 10.6 Å². The van der Waals surface area contributed by atoms with Crippen LogP contribution in [0.3, 0.4) is 0 Å². The fourth-order valence-corrected chi connectivity index (χ4v) is 2.42. The molecule has 0 aromatic heterocycles. The van der Waals surface area contributed by atoms with E-state index < -0.39 is 0 Å². The van der Waals surface area contributed by atoms with Crippen molar-refractivity contribution in [2.75, 3.05) is 25.6 Å². The Labute approximate surface area is 152 Å². The van der Waals surface area contributed by atoms with Gasteiger partial charge in [-0.05, 0) is 49.2 Å². The van der Waals surface area contributed by atoms with E-state index in [0.29, 0.717) is 35.0 Å². The second kappa shape index (κ2) is 9.20. The molecule has 0 aliphatic carbocycles. The maximum absolute atomic E-state index is 12.4. The highest BCUT2D eigenvalue weighted by Gasteiger charge is 2.11. The number of hydrogen-bond acceptors (Lipinski definition) is 3. The highest BCUT2D eigenvalue weighted by atomic mass is 35.5. The maximum Gasteiger partial charge on any atom is 0.255 e. The lowest BCUT2D eigenvalue weighted by Gasteiger charge is -2.10. The Morgan fingerprint density at radius 2 is 1.80 bits per heavy atom. The number of rotatable bonds is 7. The average Bonchev–Trinajstić information content (AvgIpc) is 2.61. The summed E-state index contributed by atoms with van der Waals surface area (Å²) in [6, 6.07) is 11.9. The van der Waals surface area contributed by atoms with Gasteiger partial charge in [-0.15, -0.1) is 0 Å². The van der Waals surface area contributed by atoms with E-state index in [1.807, 2.05) is 13.0 Å². The van der Waals surface area contributed by atoms with Gasteiger partial charge < -0.3 is 15.4 Å². The topological polar surface area (TPSA) is 67.4 Å². The average molecular weight is 361 g/mol. The SMILES string of the molecule is COCCCNC(=O)c1cccc(C(=O)Nc2cc(Cl)ccc2C)c1. The minimum atomic E-state index is -0.292. The van der Waals surface area contributed by atoms with Crippen LogP contribution in [0.5, 0.6) is 0 Å². The molecule has 2 aromatic rings. The van der Waals surface area contributed by atoms with Gasteiger partial charge in [0.2, 0.25) is 0 Å². The molecule has 0 atom stereocenters. The van der Waals surface area contributed by atoms with Crippen LogP contribution in [-0.2, 0) is 4.74 Å². The van der Waals surface area contributed by atoms with Gasteiger partial charge in [0, 0.05) is 42.1 Å². The quantitative estimate of drug-likeness (QED) is 0.740. The molecule has 0 radical (unpaired) electrons. The highest BCUT2D eigenvalue weighted by Crippen LogP contribution is 2.21. The molecule has 0 saturated carbocycles. The number of methoxy groups -OCH3 is 1. The summed E-state index contributed by atoms with van der Waals surface area (Å²) >= 11 is 5.97. The van der Waals surface area contributed by atoms with Gasteiger partial charge in [-0.25, -0.2) is 0 Å². The summed E-state index contributed by atoms with van der Waals surface area (Å²) in [6.45, 7) is 2.99. The highest BCUT2D eigenvalue weighted by molar-refractivity contribution is 6.31. The van der Waals surface area contributed by atoms with Crippen molar-refractivity contribution in [3.8, 4) is 0 Å². The molecule has 5 nitrogen and oxygen atoms in total. The van der Waals surface area contributed by atoms with Crippen molar-refractivity contribution in [1.29, 1.82) is 0 Å². The van der Waals surface area contributed by atoms with Gasteiger partial charge in [0.1, 0.15) is 0 Å². The summed E-state index contributed by atoms with van der Waals surface area (Å²) in [7, 11) is 1.62. The number of nitrogens with one attached hydrogen (secondary N) is 2. The molecule has 2 amide bonds. The summed E-state index contributed by atoms with van der Waals surface area (Å²) in [5.41, 5.74) is 2.40. The Morgan fingerprint density at radius 1 is 1.08 bits per heavy atom. The van der Waals surface area contributed by atoms with Crippen molar-refractivity contribution in [3.05, 3.63) is 64.2 Å². The van der Waals surface area contributed by atoms with Crippen LogP contribution in [0.25, 0.3) is 0 Å². The molecule has 0 saturated heterocycles. The first kappa shape index (κ1) is 19.0. The van der Waals surface area contributed by atoms with Crippen LogP contribution < -0.4 is 10.6 Å². The molecule has 132 valence electrons. The van der Waals surface area contributed by atoms with E-state index in [1.54, 1.807) is 43.5 Å². The summed E-state index contributed by atoms with van der Waals surface area (Å²) in [4.78, 5) is 24.6. The Kier molecular flexibility index (Phi) is 6.98. The molecule has 0 heterocycles. The van der Waals surface area contributed by atoms with Gasteiger partial charge in [-0.3, -0.25) is 9.59 Å². The maximum atomic E-state index is 12.4. The van der Waals surface area contributed by atoms with Crippen molar-refractivity contribution in [3.63, 3.8) is 0 Å². The summed E-state index contributed by atoms with van der Waals surface area (Å²) < 4.78 is 4.94. The molecule has 0 aliphatic rings. The van der Waals surface area contributed by atoms with Crippen LogP contribution in [-0.4, -0.2) is 32.1 Å². The van der Waals surface area contributed by atoms with Crippen LogP contribution in [0.2, 0.25) is 5.02 Å². The number of halogens is 1.